The van der Waals surface area contributed by atoms with Gasteiger partial charge in [-0.05, 0) is 87.6 Å². The summed E-state index contributed by atoms with van der Waals surface area (Å²) in [5.41, 5.74) is 4.37. The zero-order chi connectivity index (χ0) is 22.2. The third kappa shape index (κ3) is 4.01. The Morgan fingerprint density at radius 3 is 2.62 bits per heavy atom. The summed E-state index contributed by atoms with van der Waals surface area (Å²) < 4.78 is 1.74. The highest BCUT2D eigenvalue weighted by Crippen LogP contribution is 2.35. The Hall–Kier alpha value is -2.12. The van der Waals surface area contributed by atoms with Crippen LogP contribution in [0.1, 0.15) is 53.7 Å². The zero-order valence-corrected chi connectivity index (χ0v) is 20.4. The monoisotopic (exact) mass is 467 g/mol. The molecule has 3 aromatic rings. The summed E-state index contributed by atoms with van der Waals surface area (Å²) >= 11 is 3.06. The normalized spacial score (nSPS) is 16.4. The number of carbonyl (C=O) groups is 1. The number of carbonyl (C=O) groups excluding carboxylic acids is 1. The molecule has 1 fully saturated rings. The van der Waals surface area contributed by atoms with E-state index in [0.29, 0.717) is 10.9 Å². The highest BCUT2D eigenvalue weighted by Gasteiger charge is 2.24. The van der Waals surface area contributed by atoms with Gasteiger partial charge in [0, 0.05) is 18.0 Å². The lowest BCUT2D eigenvalue weighted by Gasteiger charge is -2.26. The first-order valence-corrected chi connectivity index (χ1v) is 13.4. The second-order valence-electron chi connectivity index (χ2n) is 8.92. The summed E-state index contributed by atoms with van der Waals surface area (Å²) in [7, 11) is 0. The molecule has 1 aromatic carbocycles. The third-order valence-electron chi connectivity index (χ3n) is 6.74. The van der Waals surface area contributed by atoms with Gasteiger partial charge in [-0.1, -0.05) is 17.8 Å². The fraction of sp³-hybridized carbons (Fsp3) is 0.480. The molecule has 0 atom stereocenters. The standard InChI is InChI=1S/C25H29N3O2S2/c1-16-10-11-18(14-17(16)2)28-24(30)22-19-8-4-5-9-20(19)32-23(22)26-25(28)31-15-21(29)27-12-6-3-7-13-27/h10-11,14H,3-9,12-13,15H2,1-2H3. The maximum atomic E-state index is 13.8. The SMILES string of the molecule is Cc1ccc(-n2c(SCC(=O)N3CCCCC3)nc3sc4c(c3c2=O)CCCC4)cc1C. The maximum absolute atomic E-state index is 13.8. The van der Waals surface area contributed by atoms with E-state index in [1.807, 2.05) is 11.0 Å². The van der Waals surface area contributed by atoms with Crippen molar-refractivity contribution in [1.29, 1.82) is 0 Å². The van der Waals surface area contributed by atoms with Gasteiger partial charge in [0.05, 0.1) is 16.8 Å². The van der Waals surface area contributed by atoms with Crippen molar-refractivity contribution in [3.63, 3.8) is 0 Å². The van der Waals surface area contributed by atoms with Crippen LogP contribution in [0.4, 0.5) is 0 Å². The molecule has 1 amide bonds. The lowest BCUT2D eigenvalue weighted by Crippen LogP contribution is -2.36. The molecule has 2 aliphatic rings. The number of piperidine rings is 1. The molecule has 0 spiro atoms. The van der Waals surface area contributed by atoms with Crippen LogP contribution >= 0.6 is 23.1 Å². The van der Waals surface area contributed by atoms with E-state index in [2.05, 4.69) is 26.0 Å². The van der Waals surface area contributed by atoms with Gasteiger partial charge >= 0.3 is 0 Å². The van der Waals surface area contributed by atoms with E-state index in [4.69, 9.17) is 4.98 Å². The Morgan fingerprint density at radius 1 is 1.06 bits per heavy atom. The lowest BCUT2D eigenvalue weighted by molar-refractivity contribution is -0.129. The predicted octanol–water partition coefficient (Wildman–Crippen LogP) is 5.05. The molecule has 1 aliphatic carbocycles. The van der Waals surface area contributed by atoms with Gasteiger partial charge in [-0.15, -0.1) is 11.3 Å². The Balaban J connectivity index is 1.59. The van der Waals surface area contributed by atoms with Crippen LogP contribution < -0.4 is 5.56 Å². The van der Waals surface area contributed by atoms with Crippen LogP contribution in [0.3, 0.4) is 0 Å². The molecular weight excluding hydrogens is 438 g/mol. The number of amides is 1. The Morgan fingerprint density at radius 2 is 1.84 bits per heavy atom. The molecule has 168 valence electrons. The summed E-state index contributed by atoms with van der Waals surface area (Å²) in [5.74, 6) is 0.453. The predicted molar refractivity (Wildman–Crippen MR) is 132 cm³/mol. The van der Waals surface area contributed by atoms with Gasteiger partial charge in [0.2, 0.25) is 5.91 Å². The molecule has 5 rings (SSSR count). The topological polar surface area (TPSA) is 55.2 Å². The van der Waals surface area contributed by atoms with E-state index in [1.165, 1.54) is 40.6 Å². The van der Waals surface area contributed by atoms with Crippen molar-refractivity contribution in [3.05, 3.63) is 50.1 Å². The Labute approximate surface area is 196 Å². The number of thiophene rings is 1. The summed E-state index contributed by atoms with van der Waals surface area (Å²) in [6.45, 7) is 5.82. The highest BCUT2D eigenvalue weighted by atomic mass is 32.2. The van der Waals surface area contributed by atoms with Crippen LogP contribution in [0.2, 0.25) is 0 Å². The number of likely N-dealkylation sites (tertiary alicyclic amines) is 1. The zero-order valence-electron chi connectivity index (χ0n) is 18.8. The van der Waals surface area contributed by atoms with Gasteiger partial charge in [0.15, 0.2) is 5.16 Å². The van der Waals surface area contributed by atoms with Gasteiger partial charge in [-0.25, -0.2) is 4.98 Å². The molecule has 5 nitrogen and oxygen atoms in total. The Bertz CT molecular complexity index is 1240. The second kappa shape index (κ2) is 9.02. The molecule has 32 heavy (non-hydrogen) atoms. The summed E-state index contributed by atoms with van der Waals surface area (Å²) in [5, 5.41) is 1.41. The molecule has 2 aromatic heterocycles. The van der Waals surface area contributed by atoms with E-state index in [9.17, 15) is 9.59 Å². The molecular formula is C25H29N3O2S2. The molecule has 1 saturated heterocycles. The maximum Gasteiger partial charge on any atom is 0.267 e. The second-order valence-corrected chi connectivity index (χ2v) is 11.0. The largest absolute Gasteiger partial charge is 0.342 e. The average Bonchev–Trinajstić information content (AvgIpc) is 3.19. The number of thioether (sulfide) groups is 1. The molecule has 3 heterocycles. The van der Waals surface area contributed by atoms with E-state index in [1.54, 1.807) is 15.9 Å². The van der Waals surface area contributed by atoms with E-state index in [0.717, 1.165) is 66.7 Å². The van der Waals surface area contributed by atoms with Gasteiger partial charge < -0.3 is 4.90 Å². The molecule has 0 radical (unpaired) electrons. The fourth-order valence-corrected chi connectivity index (χ4v) is 6.95. The number of hydrogen-bond acceptors (Lipinski definition) is 5. The first-order valence-electron chi connectivity index (χ1n) is 11.6. The molecule has 0 bridgehead atoms. The first-order chi connectivity index (χ1) is 15.5. The number of hydrogen-bond donors (Lipinski definition) is 0. The van der Waals surface area contributed by atoms with Crippen LogP contribution in [0.5, 0.6) is 0 Å². The van der Waals surface area contributed by atoms with Crippen molar-refractivity contribution >= 4 is 39.2 Å². The van der Waals surface area contributed by atoms with Gasteiger partial charge in [0.25, 0.3) is 5.56 Å². The molecule has 1 aliphatic heterocycles. The number of benzene rings is 1. The number of rotatable bonds is 4. The van der Waals surface area contributed by atoms with Gasteiger partial charge in [-0.2, -0.15) is 0 Å². The van der Waals surface area contributed by atoms with Gasteiger partial charge in [-0.3, -0.25) is 14.2 Å². The van der Waals surface area contributed by atoms with Crippen molar-refractivity contribution in [2.75, 3.05) is 18.8 Å². The minimum absolute atomic E-state index is 0.00516. The van der Waals surface area contributed by atoms with Crippen LogP contribution in [0.25, 0.3) is 15.9 Å². The fourth-order valence-electron chi connectivity index (χ4n) is 4.74. The van der Waals surface area contributed by atoms with Crippen LogP contribution in [-0.2, 0) is 17.6 Å². The molecule has 7 heteroatoms. The minimum atomic E-state index is 0.00516. The minimum Gasteiger partial charge on any atom is -0.342 e. The van der Waals surface area contributed by atoms with Crippen LogP contribution in [-0.4, -0.2) is 39.2 Å². The quantitative estimate of drug-likeness (QED) is 0.398. The Kier molecular flexibility index (Phi) is 6.12. The van der Waals surface area contributed by atoms with Crippen molar-refractivity contribution in [2.45, 2.75) is 63.9 Å². The number of fused-ring (bicyclic) bond motifs is 3. The number of aryl methyl sites for hydroxylation is 4. The average molecular weight is 468 g/mol. The summed E-state index contributed by atoms with van der Waals surface area (Å²) in [4.78, 5) is 35.7. The lowest BCUT2D eigenvalue weighted by atomic mass is 9.97. The first kappa shape index (κ1) is 21.7. The van der Waals surface area contributed by atoms with Crippen molar-refractivity contribution in [2.24, 2.45) is 0 Å². The summed E-state index contributed by atoms with van der Waals surface area (Å²) in [6.07, 6.45) is 7.66. The van der Waals surface area contributed by atoms with Gasteiger partial charge in [0.1, 0.15) is 4.83 Å². The molecule has 0 N–H and O–H groups in total. The highest BCUT2D eigenvalue weighted by molar-refractivity contribution is 7.99. The van der Waals surface area contributed by atoms with E-state index < -0.39 is 0 Å². The molecule has 0 saturated carbocycles. The van der Waals surface area contributed by atoms with Crippen molar-refractivity contribution in [1.82, 2.24) is 14.5 Å². The van der Waals surface area contributed by atoms with Crippen molar-refractivity contribution in [3.8, 4) is 5.69 Å². The summed E-state index contributed by atoms with van der Waals surface area (Å²) in [6, 6.07) is 6.10. The number of aromatic nitrogens is 2. The van der Waals surface area contributed by atoms with E-state index >= 15 is 0 Å². The third-order valence-corrected chi connectivity index (χ3v) is 8.85. The van der Waals surface area contributed by atoms with E-state index in [-0.39, 0.29) is 11.5 Å². The van der Waals surface area contributed by atoms with Crippen LogP contribution in [0.15, 0.2) is 28.2 Å². The van der Waals surface area contributed by atoms with Crippen molar-refractivity contribution < 1.29 is 4.79 Å². The van der Waals surface area contributed by atoms with Crippen LogP contribution in [0, 0.1) is 13.8 Å². The smallest absolute Gasteiger partial charge is 0.267 e. The number of nitrogens with zero attached hydrogens (tertiary/aromatic N) is 3. The molecule has 0 unspecified atom stereocenters.